The summed E-state index contributed by atoms with van der Waals surface area (Å²) in [7, 11) is 1.44. The Kier molecular flexibility index (Phi) is 3.46. The number of rotatable bonds is 3. The average Bonchev–Trinajstić information content (AvgIpc) is 2.62. The van der Waals surface area contributed by atoms with Gasteiger partial charge in [-0.1, -0.05) is 0 Å². The van der Waals surface area contributed by atoms with E-state index < -0.39 is 12.4 Å². The molecule has 2 aromatic rings. The van der Waals surface area contributed by atoms with E-state index in [2.05, 4.69) is 25.8 Å². The fourth-order valence-corrected chi connectivity index (χ4v) is 1.76. The fraction of sp³-hybridized carbons (Fsp3) is 0.200. The molecule has 0 aliphatic rings. The number of aromatic nitrogens is 2. The van der Waals surface area contributed by atoms with E-state index in [0.29, 0.717) is 10.0 Å². The van der Waals surface area contributed by atoms with Crippen molar-refractivity contribution in [2.45, 2.75) is 6.61 Å². The van der Waals surface area contributed by atoms with Crippen LogP contribution in [0, 0.1) is 0 Å². The van der Waals surface area contributed by atoms with Crippen LogP contribution in [0.5, 0.6) is 5.75 Å². The highest BCUT2D eigenvalue weighted by atomic mass is 79.9. The Morgan fingerprint density at radius 2 is 2.22 bits per heavy atom. The smallest absolute Gasteiger partial charge is 0.434 e. The molecular formula is C10H7BrF2N2O3. The number of hydrogen-bond acceptors (Lipinski definition) is 4. The number of nitrogens with zero attached hydrogens (tertiary/aromatic N) is 2. The molecule has 0 radical (unpaired) electrons. The summed E-state index contributed by atoms with van der Waals surface area (Å²) in [5.74, 6) is -0.507. The monoisotopic (exact) mass is 320 g/mol. The van der Waals surface area contributed by atoms with E-state index in [1.165, 1.54) is 25.2 Å². The first-order valence-corrected chi connectivity index (χ1v) is 5.55. The van der Waals surface area contributed by atoms with Gasteiger partial charge in [-0.15, -0.1) is 5.10 Å². The maximum atomic E-state index is 12.1. The third-order valence-corrected chi connectivity index (χ3v) is 2.70. The minimum atomic E-state index is -2.90. The van der Waals surface area contributed by atoms with E-state index in [1.54, 1.807) is 0 Å². The largest absolute Gasteiger partial charge is 0.437 e. The average molecular weight is 321 g/mol. The second-order valence-corrected chi connectivity index (χ2v) is 4.17. The van der Waals surface area contributed by atoms with Gasteiger partial charge in [0, 0.05) is 12.6 Å². The lowest BCUT2D eigenvalue weighted by atomic mass is 10.2. The quantitative estimate of drug-likeness (QED) is 0.871. The summed E-state index contributed by atoms with van der Waals surface area (Å²) in [4.78, 5) is 11.1. The van der Waals surface area contributed by atoms with Crippen molar-refractivity contribution in [1.29, 1.82) is 0 Å². The van der Waals surface area contributed by atoms with Gasteiger partial charge in [-0.05, 0) is 34.1 Å². The van der Waals surface area contributed by atoms with Crippen LogP contribution in [0.25, 0.3) is 11.5 Å². The molecular weight excluding hydrogens is 314 g/mol. The number of halogens is 3. The van der Waals surface area contributed by atoms with Gasteiger partial charge in [0.15, 0.2) is 0 Å². The number of aryl methyl sites for hydroxylation is 1. The Bertz CT molecular complexity index is 624. The zero-order valence-electron chi connectivity index (χ0n) is 9.06. The van der Waals surface area contributed by atoms with E-state index in [4.69, 9.17) is 4.42 Å². The molecule has 0 amide bonds. The van der Waals surface area contributed by atoms with Crippen LogP contribution in [-0.2, 0) is 7.05 Å². The minimum absolute atomic E-state index is 0.00738. The maximum Gasteiger partial charge on any atom is 0.437 e. The molecule has 2 rings (SSSR count). The summed E-state index contributed by atoms with van der Waals surface area (Å²) in [5.41, 5.74) is 0.473. The molecule has 0 fully saturated rings. The van der Waals surface area contributed by atoms with Gasteiger partial charge >= 0.3 is 12.4 Å². The first-order valence-electron chi connectivity index (χ1n) is 4.76. The fourth-order valence-electron chi connectivity index (χ4n) is 1.29. The predicted molar refractivity (Wildman–Crippen MR) is 61.5 cm³/mol. The van der Waals surface area contributed by atoms with Crippen LogP contribution in [0.4, 0.5) is 8.78 Å². The first-order chi connectivity index (χ1) is 8.47. The van der Waals surface area contributed by atoms with Gasteiger partial charge in [0.25, 0.3) is 0 Å². The zero-order chi connectivity index (χ0) is 13.3. The summed E-state index contributed by atoms with van der Waals surface area (Å²) >= 11 is 3.09. The van der Waals surface area contributed by atoms with Crippen molar-refractivity contribution in [3.05, 3.63) is 33.2 Å². The van der Waals surface area contributed by atoms with Gasteiger partial charge in [-0.2, -0.15) is 13.5 Å². The summed E-state index contributed by atoms with van der Waals surface area (Å²) in [6, 6.07) is 4.27. The van der Waals surface area contributed by atoms with Gasteiger partial charge in [0.2, 0.25) is 5.89 Å². The molecule has 0 bridgehead atoms. The molecule has 96 valence electrons. The van der Waals surface area contributed by atoms with Crippen molar-refractivity contribution in [3.8, 4) is 17.2 Å². The van der Waals surface area contributed by atoms with E-state index in [1.807, 2.05) is 0 Å². The molecule has 18 heavy (non-hydrogen) atoms. The van der Waals surface area contributed by atoms with Crippen LogP contribution in [0.15, 0.2) is 31.9 Å². The molecule has 0 aliphatic heterocycles. The van der Waals surface area contributed by atoms with Crippen molar-refractivity contribution in [2.75, 3.05) is 0 Å². The highest BCUT2D eigenvalue weighted by molar-refractivity contribution is 9.10. The van der Waals surface area contributed by atoms with Crippen molar-refractivity contribution in [3.63, 3.8) is 0 Å². The number of benzene rings is 1. The third kappa shape index (κ3) is 2.58. The van der Waals surface area contributed by atoms with Crippen LogP contribution in [0.1, 0.15) is 0 Å². The SMILES string of the molecule is Cn1nc(-c2ccc(OC(F)F)c(Br)c2)oc1=O. The molecule has 0 aliphatic carbocycles. The van der Waals surface area contributed by atoms with Crippen LogP contribution in [-0.4, -0.2) is 16.4 Å². The van der Waals surface area contributed by atoms with Gasteiger partial charge in [-0.25, -0.2) is 4.79 Å². The molecule has 1 aromatic carbocycles. The molecule has 0 spiro atoms. The molecule has 0 atom stereocenters. The van der Waals surface area contributed by atoms with Crippen molar-refractivity contribution in [2.24, 2.45) is 7.05 Å². The molecule has 0 saturated carbocycles. The summed E-state index contributed by atoms with van der Waals surface area (Å²) in [6.07, 6.45) is 0. The summed E-state index contributed by atoms with van der Waals surface area (Å²) in [6.45, 7) is -2.90. The van der Waals surface area contributed by atoms with Crippen LogP contribution in [0.2, 0.25) is 0 Å². The van der Waals surface area contributed by atoms with Crippen molar-refractivity contribution < 1.29 is 17.9 Å². The Balaban J connectivity index is 2.36. The molecule has 0 N–H and O–H groups in total. The Hall–Kier alpha value is -1.70. The minimum Gasteiger partial charge on any atom is -0.434 e. The highest BCUT2D eigenvalue weighted by Gasteiger charge is 2.12. The van der Waals surface area contributed by atoms with Gasteiger partial charge in [0.1, 0.15) is 5.75 Å². The molecule has 0 saturated heterocycles. The zero-order valence-corrected chi connectivity index (χ0v) is 10.6. The lowest BCUT2D eigenvalue weighted by Crippen LogP contribution is -2.09. The highest BCUT2D eigenvalue weighted by Crippen LogP contribution is 2.30. The maximum absolute atomic E-state index is 12.1. The Labute approximate surface area is 108 Å². The number of ether oxygens (including phenoxy) is 1. The van der Waals surface area contributed by atoms with Crippen LogP contribution >= 0.6 is 15.9 Å². The van der Waals surface area contributed by atoms with Crippen molar-refractivity contribution in [1.82, 2.24) is 9.78 Å². The molecule has 8 heteroatoms. The third-order valence-electron chi connectivity index (χ3n) is 2.08. The summed E-state index contributed by atoms with van der Waals surface area (Å²) in [5, 5.41) is 3.84. The Morgan fingerprint density at radius 1 is 1.50 bits per heavy atom. The van der Waals surface area contributed by atoms with E-state index in [0.717, 1.165) is 4.68 Å². The van der Waals surface area contributed by atoms with Gasteiger partial charge in [0.05, 0.1) is 4.47 Å². The topological polar surface area (TPSA) is 57.3 Å². The second-order valence-electron chi connectivity index (χ2n) is 3.32. The molecule has 1 aromatic heterocycles. The lowest BCUT2D eigenvalue weighted by Gasteiger charge is -2.06. The standard InChI is InChI=1S/C10H7BrF2N2O3/c1-15-10(16)18-8(14-15)5-2-3-7(6(11)4-5)17-9(12)13/h2-4,9H,1H3. The molecule has 0 unspecified atom stereocenters. The molecule has 1 heterocycles. The second kappa shape index (κ2) is 4.89. The first kappa shape index (κ1) is 12.7. The lowest BCUT2D eigenvalue weighted by molar-refractivity contribution is -0.0503. The number of alkyl halides is 2. The van der Waals surface area contributed by atoms with Gasteiger partial charge < -0.3 is 9.15 Å². The molecule has 5 nitrogen and oxygen atoms in total. The normalized spacial score (nSPS) is 10.9. The predicted octanol–water partition coefficient (Wildman–Crippen LogP) is 2.40. The van der Waals surface area contributed by atoms with Crippen LogP contribution in [0.3, 0.4) is 0 Å². The van der Waals surface area contributed by atoms with E-state index in [-0.39, 0.29) is 11.6 Å². The number of hydrogen-bond donors (Lipinski definition) is 0. The summed E-state index contributed by atoms with van der Waals surface area (Å²) < 4.78 is 34.6. The van der Waals surface area contributed by atoms with E-state index >= 15 is 0 Å². The van der Waals surface area contributed by atoms with Gasteiger partial charge in [-0.3, -0.25) is 0 Å². The van der Waals surface area contributed by atoms with Crippen LogP contribution < -0.4 is 10.5 Å². The van der Waals surface area contributed by atoms with E-state index in [9.17, 15) is 13.6 Å². The Morgan fingerprint density at radius 3 is 2.72 bits per heavy atom. The van der Waals surface area contributed by atoms with Crippen molar-refractivity contribution >= 4 is 15.9 Å².